The smallest absolute Gasteiger partial charge is 0.251 e. The second-order valence-corrected chi connectivity index (χ2v) is 6.00. The first kappa shape index (κ1) is 15.1. The number of benzene rings is 2. The van der Waals surface area contributed by atoms with Crippen molar-refractivity contribution in [2.24, 2.45) is 0 Å². The van der Waals surface area contributed by atoms with Crippen LogP contribution in [-0.4, -0.2) is 4.57 Å². The van der Waals surface area contributed by atoms with Gasteiger partial charge in [-0.3, -0.25) is 4.79 Å². The molecule has 0 aliphatic carbocycles. The number of nitrogens with zero attached hydrogens (tertiary/aromatic N) is 2. The van der Waals surface area contributed by atoms with Crippen LogP contribution in [0.1, 0.15) is 36.5 Å². The monoisotopic (exact) mass is 302 g/mol. The highest BCUT2D eigenvalue weighted by Gasteiger charge is 2.08. The molecule has 0 atom stereocenters. The third-order valence-corrected chi connectivity index (χ3v) is 4.15. The SMILES string of the molecule is CC(C)c1ccc2c(ccc(=O)n2Cc2ccccc2C#N)c1. The molecule has 1 aromatic heterocycles. The zero-order valence-electron chi connectivity index (χ0n) is 13.3. The summed E-state index contributed by atoms with van der Waals surface area (Å²) in [6, 6.07) is 19.3. The fraction of sp³-hybridized carbons (Fsp3) is 0.200. The van der Waals surface area contributed by atoms with Crippen LogP contribution in [-0.2, 0) is 6.54 Å². The van der Waals surface area contributed by atoms with Crippen molar-refractivity contribution in [1.29, 1.82) is 5.26 Å². The summed E-state index contributed by atoms with van der Waals surface area (Å²) >= 11 is 0. The second-order valence-electron chi connectivity index (χ2n) is 6.00. The fourth-order valence-electron chi connectivity index (χ4n) is 2.78. The Labute approximate surface area is 135 Å². The third-order valence-electron chi connectivity index (χ3n) is 4.15. The summed E-state index contributed by atoms with van der Waals surface area (Å²) < 4.78 is 1.73. The van der Waals surface area contributed by atoms with Crippen molar-refractivity contribution < 1.29 is 0 Å². The molecule has 0 aliphatic rings. The number of pyridine rings is 1. The van der Waals surface area contributed by atoms with Crippen molar-refractivity contribution in [3.8, 4) is 6.07 Å². The molecule has 1 heterocycles. The van der Waals surface area contributed by atoms with Gasteiger partial charge in [0.25, 0.3) is 5.56 Å². The Morgan fingerprint density at radius 3 is 2.61 bits per heavy atom. The van der Waals surface area contributed by atoms with E-state index < -0.39 is 0 Å². The number of hydrogen-bond acceptors (Lipinski definition) is 2. The van der Waals surface area contributed by atoms with Gasteiger partial charge in [0.15, 0.2) is 0 Å². The van der Waals surface area contributed by atoms with E-state index in [2.05, 4.69) is 32.0 Å². The maximum atomic E-state index is 12.3. The maximum absolute atomic E-state index is 12.3. The minimum Gasteiger partial charge on any atom is -0.304 e. The molecule has 0 spiro atoms. The number of nitriles is 1. The fourth-order valence-corrected chi connectivity index (χ4v) is 2.78. The summed E-state index contributed by atoms with van der Waals surface area (Å²) in [5.74, 6) is 0.444. The Bertz CT molecular complexity index is 961. The molecule has 3 aromatic rings. The minimum atomic E-state index is -0.0532. The number of hydrogen-bond donors (Lipinski definition) is 0. The largest absolute Gasteiger partial charge is 0.304 e. The molecule has 0 saturated carbocycles. The quantitative estimate of drug-likeness (QED) is 0.733. The minimum absolute atomic E-state index is 0.0532. The van der Waals surface area contributed by atoms with Crippen LogP contribution in [0, 0.1) is 11.3 Å². The van der Waals surface area contributed by atoms with Crippen LogP contribution in [0.5, 0.6) is 0 Å². The van der Waals surface area contributed by atoms with Crippen molar-refractivity contribution >= 4 is 10.9 Å². The Morgan fingerprint density at radius 2 is 1.87 bits per heavy atom. The molecule has 23 heavy (non-hydrogen) atoms. The summed E-state index contributed by atoms with van der Waals surface area (Å²) in [5.41, 5.74) is 3.56. The summed E-state index contributed by atoms with van der Waals surface area (Å²) in [6.07, 6.45) is 0. The van der Waals surface area contributed by atoms with Gasteiger partial charge in [-0.25, -0.2) is 0 Å². The highest BCUT2D eigenvalue weighted by Crippen LogP contribution is 2.21. The molecule has 114 valence electrons. The molecule has 0 aliphatic heterocycles. The van der Waals surface area contributed by atoms with Crippen LogP contribution in [0.25, 0.3) is 10.9 Å². The van der Waals surface area contributed by atoms with Gasteiger partial charge in [-0.15, -0.1) is 0 Å². The van der Waals surface area contributed by atoms with E-state index in [9.17, 15) is 10.1 Å². The number of fused-ring (bicyclic) bond motifs is 1. The van der Waals surface area contributed by atoms with Gasteiger partial charge in [-0.2, -0.15) is 5.26 Å². The molecule has 0 amide bonds. The van der Waals surface area contributed by atoms with E-state index in [4.69, 9.17) is 0 Å². The summed E-state index contributed by atoms with van der Waals surface area (Å²) in [5, 5.41) is 10.3. The Hall–Kier alpha value is -2.86. The number of aromatic nitrogens is 1. The Morgan fingerprint density at radius 1 is 1.09 bits per heavy atom. The molecule has 2 aromatic carbocycles. The summed E-state index contributed by atoms with van der Waals surface area (Å²) in [6.45, 7) is 4.71. The molecule has 0 bridgehead atoms. The van der Waals surface area contributed by atoms with Gasteiger partial charge in [0.1, 0.15) is 0 Å². The molecular weight excluding hydrogens is 284 g/mol. The zero-order chi connectivity index (χ0) is 16.4. The van der Waals surface area contributed by atoms with Crippen LogP contribution >= 0.6 is 0 Å². The van der Waals surface area contributed by atoms with Crippen molar-refractivity contribution in [1.82, 2.24) is 4.57 Å². The lowest BCUT2D eigenvalue weighted by Gasteiger charge is -2.13. The highest BCUT2D eigenvalue weighted by atomic mass is 16.1. The predicted molar refractivity (Wildman–Crippen MR) is 92.6 cm³/mol. The van der Waals surface area contributed by atoms with Gasteiger partial charge < -0.3 is 4.57 Å². The number of rotatable bonds is 3. The normalized spacial score (nSPS) is 10.9. The first-order chi connectivity index (χ1) is 11.1. The van der Waals surface area contributed by atoms with Crippen molar-refractivity contribution in [2.45, 2.75) is 26.3 Å². The van der Waals surface area contributed by atoms with Crippen molar-refractivity contribution in [3.05, 3.63) is 81.6 Å². The van der Waals surface area contributed by atoms with E-state index in [1.54, 1.807) is 16.7 Å². The molecule has 0 saturated heterocycles. The van der Waals surface area contributed by atoms with Gasteiger partial charge in [-0.05, 0) is 46.7 Å². The van der Waals surface area contributed by atoms with Gasteiger partial charge in [0.05, 0.1) is 23.7 Å². The summed E-state index contributed by atoms with van der Waals surface area (Å²) in [7, 11) is 0. The molecule has 0 N–H and O–H groups in total. The zero-order valence-corrected chi connectivity index (χ0v) is 13.3. The molecule has 0 radical (unpaired) electrons. The average molecular weight is 302 g/mol. The lowest BCUT2D eigenvalue weighted by Crippen LogP contribution is -2.20. The van der Waals surface area contributed by atoms with Crippen molar-refractivity contribution in [2.75, 3.05) is 0 Å². The lowest BCUT2D eigenvalue weighted by atomic mass is 10.0. The van der Waals surface area contributed by atoms with Crippen LogP contribution in [0.4, 0.5) is 0 Å². The van der Waals surface area contributed by atoms with Gasteiger partial charge in [-0.1, -0.05) is 38.1 Å². The van der Waals surface area contributed by atoms with Crippen LogP contribution in [0.2, 0.25) is 0 Å². The van der Waals surface area contributed by atoms with Crippen LogP contribution < -0.4 is 5.56 Å². The molecule has 0 fully saturated rings. The molecule has 3 heteroatoms. The lowest BCUT2D eigenvalue weighted by molar-refractivity contribution is 0.791. The van der Waals surface area contributed by atoms with Gasteiger partial charge in [0.2, 0.25) is 0 Å². The first-order valence-corrected chi connectivity index (χ1v) is 7.71. The third kappa shape index (κ3) is 2.89. The first-order valence-electron chi connectivity index (χ1n) is 7.71. The van der Waals surface area contributed by atoms with E-state index >= 15 is 0 Å². The molecular formula is C20H18N2O. The average Bonchev–Trinajstić information content (AvgIpc) is 2.57. The molecule has 0 unspecified atom stereocenters. The van der Waals surface area contributed by atoms with E-state index in [1.165, 1.54) is 5.56 Å². The van der Waals surface area contributed by atoms with Crippen LogP contribution in [0.15, 0.2) is 59.4 Å². The van der Waals surface area contributed by atoms with Gasteiger partial charge in [0, 0.05) is 6.07 Å². The topological polar surface area (TPSA) is 45.8 Å². The van der Waals surface area contributed by atoms with Crippen molar-refractivity contribution in [3.63, 3.8) is 0 Å². The van der Waals surface area contributed by atoms with Crippen LogP contribution in [0.3, 0.4) is 0 Å². The Balaban J connectivity index is 2.15. The Kier molecular flexibility index (Phi) is 3.99. The van der Waals surface area contributed by atoms with Gasteiger partial charge >= 0.3 is 0 Å². The second kappa shape index (κ2) is 6.10. The van der Waals surface area contributed by atoms with E-state index in [0.29, 0.717) is 18.0 Å². The van der Waals surface area contributed by atoms with E-state index in [0.717, 1.165) is 16.5 Å². The van der Waals surface area contributed by atoms with E-state index in [1.807, 2.05) is 30.3 Å². The molecule has 3 nitrogen and oxygen atoms in total. The maximum Gasteiger partial charge on any atom is 0.251 e. The molecule has 3 rings (SSSR count). The standard InChI is InChI=1S/C20H18N2O/c1-14(2)15-7-9-19-16(11-15)8-10-20(23)22(19)13-18-6-4-3-5-17(18)12-21/h3-11,14H,13H2,1-2H3. The summed E-state index contributed by atoms with van der Waals surface area (Å²) in [4.78, 5) is 12.3. The highest BCUT2D eigenvalue weighted by molar-refractivity contribution is 5.80. The predicted octanol–water partition coefficient (Wildman–Crippen LogP) is 4.04. The van der Waals surface area contributed by atoms with E-state index in [-0.39, 0.29) is 5.56 Å².